The molecule has 0 heterocycles. The molecule has 1 N–H and O–H groups in total. The predicted molar refractivity (Wildman–Crippen MR) is 76.0 cm³/mol. The van der Waals surface area contributed by atoms with Crippen LogP contribution in [0.25, 0.3) is 0 Å². The van der Waals surface area contributed by atoms with Crippen LogP contribution in [-0.4, -0.2) is 29.0 Å². The van der Waals surface area contributed by atoms with Gasteiger partial charge in [0.25, 0.3) is 0 Å². The minimum absolute atomic E-state index is 0.0955. The molecule has 0 aliphatic carbocycles. The summed E-state index contributed by atoms with van der Waals surface area (Å²) >= 11 is 5.50. The molecule has 104 valence electrons. The molecular formula is C13H18ClN3O2. The van der Waals surface area contributed by atoms with E-state index in [1.165, 1.54) is 0 Å². The highest BCUT2D eigenvalue weighted by molar-refractivity contribution is 6.18. The molecule has 0 bridgehead atoms. The lowest BCUT2D eigenvalue weighted by Crippen LogP contribution is -2.50. The van der Waals surface area contributed by atoms with Crippen LogP contribution in [-0.2, 0) is 6.42 Å². The van der Waals surface area contributed by atoms with Crippen molar-refractivity contribution >= 4 is 17.6 Å². The van der Waals surface area contributed by atoms with Crippen LogP contribution in [0.3, 0.4) is 0 Å². The molecule has 0 spiro atoms. The summed E-state index contributed by atoms with van der Waals surface area (Å²) in [4.78, 5) is 22.4. The zero-order chi connectivity index (χ0) is 14.3. The Morgan fingerprint density at radius 3 is 2.53 bits per heavy atom. The van der Waals surface area contributed by atoms with E-state index in [1.807, 2.05) is 44.2 Å². The van der Waals surface area contributed by atoms with E-state index in [2.05, 4.69) is 10.6 Å². The molecule has 0 saturated carbocycles. The minimum atomic E-state index is -0.531. The van der Waals surface area contributed by atoms with Crippen molar-refractivity contribution in [2.45, 2.75) is 25.8 Å². The van der Waals surface area contributed by atoms with Crippen molar-refractivity contribution in [3.63, 3.8) is 0 Å². The summed E-state index contributed by atoms with van der Waals surface area (Å²) in [6, 6.07) is 9.27. The number of halogens is 1. The van der Waals surface area contributed by atoms with Crippen molar-refractivity contribution in [2.24, 2.45) is 5.29 Å². The first-order valence-corrected chi connectivity index (χ1v) is 6.55. The van der Waals surface area contributed by atoms with Crippen molar-refractivity contribution < 1.29 is 4.79 Å². The summed E-state index contributed by atoms with van der Waals surface area (Å²) in [7, 11) is 0. The van der Waals surface area contributed by atoms with Crippen molar-refractivity contribution in [3.05, 3.63) is 40.8 Å². The fourth-order valence-electron chi connectivity index (χ4n) is 1.76. The van der Waals surface area contributed by atoms with Gasteiger partial charge in [0.05, 0.1) is 11.8 Å². The average Bonchev–Trinajstić information content (AvgIpc) is 2.35. The van der Waals surface area contributed by atoms with E-state index in [9.17, 15) is 9.70 Å². The van der Waals surface area contributed by atoms with E-state index >= 15 is 0 Å². The van der Waals surface area contributed by atoms with Crippen molar-refractivity contribution in [1.29, 1.82) is 0 Å². The lowest BCUT2D eigenvalue weighted by Gasteiger charge is -2.28. The summed E-state index contributed by atoms with van der Waals surface area (Å²) in [5.74, 6) is 0.165. The normalized spacial score (nSPS) is 10.9. The Hall–Kier alpha value is -1.62. The third kappa shape index (κ3) is 5.26. The molecule has 1 aromatic rings. The van der Waals surface area contributed by atoms with Gasteiger partial charge in [0.2, 0.25) is 0 Å². The zero-order valence-electron chi connectivity index (χ0n) is 11.1. The fraction of sp³-hybridized carbons (Fsp3) is 0.462. The van der Waals surface area contributed by atoms with Gasteiger partial charge in [-0.25, -0.2) is 4.79 Å². The van der Waals surface area contributed by atoms with E-state index in [1.54, 1.807) is 0 Å². The Morgan fingerprint density at radius 2 is 2.00 bits per heavy atom. The van der Waals surface area contributed by atoms with Crippen LogP contribution >= 0.6 is 11.6 Å². The van der Waals surface area contributed by atoms with Crippen LogP contribution in [0, 0.1) is 4.91 Å². The second kappa shape index (κ2) is 7.09. The molecule has 19 heavy (non-hydrogen) atoms. The molecule has 0 atom stereocenters. The molecule has 0 aromatic heterocycles. The maximum atomic E-state index is 11.8. The number of hydrogen-bond acceptors (Lipinski definition) is 3. The van der Waals surface area contributed by atoms with Gasteiger partial charge in [-0.2, -0.15) is 5.01 Å². The highest BCUT2D eigenvalue weighted by Gasteiger charge is 2.24. The maximum Gasteiger partial charge on any atom is 0.340 e. The summed E-state index contributed by atoms with van der Waals surface area (Å²) in [5, 5.41) is 6.22. The van der Waals surface area contributed by atoms with Crippen molar-refractivity contribution in [2.75, 3.05) is 12.4 Å². The Bertz CT molecular complexity index is 423. The molecule has 0 aliphatic heterocycles. The van der Waals surface area contributed by atoms with Crippen LogP contribution in [0.2, 0.25) is 0 Å². The van der Waals surface area contributed by atoms with E-state index < -0.39 is 11.6 Å². The zero-order valence-corrected chi connectivity index (χ0v) is 11.9. The molecule has 2 amide bonds. The Morgan fingerprint density at radius 1 is 1.37 bits per heavy atom. The third-order valence-electron chi connectivity index (χ3n) is 2.56. The van der Waals surface area contributed by atoms with Gasteiger partial charge >= 0.3 is 6.03 Å². The molecule has 6 heteroatoms. The van der Waals surface area contributed by atoms with Gasteiger partial charge in [-0.05, 0) is 25.8 Å². The van der Waals surface area contributed by atoms with Gasteiger partial charge in [0, 0.05) is 11.4 Å². The molecule has 1 rings (SSSR count). The number of urea groups is 1. The van der Waals surface area contributed by atoms with Gasteiger partial charge in [0.15, 0.2) is 0 Å². The summed E-state index contributed by atoms with van der Waals surface area (Å²) < 4.78 is 0. The summed E-state index contributed by atoms with van der Waals surface area (Å²) in [6.45, 7) is 3.88. The SMILES string of the molecule is CC(C)(Cc1ccccc1)NC(=O)N(CCCl)N=O. The monoisotopic (exact) mass is 283 g/mol. The first-order valence-electron chi connectivity index (χ1n) is 6.01. The number of alkyl halides is 1. The maximum absolute atomic E-state index is 11.8. The Labute approximate surface area is 117 Å². The largest absolute Gasteiger partial charge is 0.340 e. The average molecular weight is 284 g/mol. The van der Waals surface area contributed by atoms with Gasteiger partial charge in [-0.15, -0.1) is 16.5 Å². The van der Waals surface area contributed by atoms with E-state index in [4.69, 9.17) is 11.6 Å². The number of benzene rings is 1. The van der Waals surface area contributed by atoms with Crippen LogP contribution in [0.15, 0.2) is 35.6 Å². The Kier molecular flexibility index (Phi) is 5.76. The molecule has 0 radical (unpaired) electrons. The first kappa shape index (κ1) is 15.4. The lowest BCUT2D eigenvalue weighted by molar-refractivity contribution is 0.190. The van der Waals surface area contributed by atoms with Gasteiger partial charge < -0.3 is 5.32 Å². The molecule has 1 aromatic carbocycles. The second-order valence-electron chi connectivity index (χ2n) is 4.87. The van der Waals surface area contributed by atoms with Crippen molar-refractivity contribution in [1.82, 2.24) is 10.3 Å². The highest BCUT2D eigenvalue weighted by Crippen LogP contribution is 2.13. The summed E-state index contributed by atoms with van der Waals surface area (Å²) in [5.41, 5.74) is 0.629. The number of amides is 2. The molecule has 5 nitrogen and oxygen atoms in total. The van der Waals surface area contributed by atoms with Crippen molar-refractivity contribution in [3.8, 4) is 0 Å². The van der Waals surface area contributed by atoms with Crippen LogP contribution in [0.4, 0.5) is 4.79 Å². The number of nitroso groups, excluding NO2 is 1. The first-order chi connectivity index (χ1) is 8.98. The number of carbonyl (C=O) groups excluding carboxylic acids is 1. The van der Waals surface area contributed by atoms with E-state index in [0.29, 0.717) is 6.42 Å². The molecule has 0 aliphatic rings. The Balaban J connectivity index is 2.63. The van der Waals surface area contributed by atoms with E-state index in [0.717, 1.165) is 10.6 Å². The van der Waals surface area contributed by atoms with E-state index in [-0.39, 0.29) is 12.4 Å². The standard InChI is InChI=1S/C13H18ClN3O2/c1-13(2,10-11-6-4-3-5-7-11)15-12(18)17(16-19)9-8-14/h3-7H,8-10H2,1-2H3,(H,15,18). The smallest absolute Gasteiger partial charge is 0.331 e. The lowest BCUT2D eigenvalue weighted by atomic mass is 9.95. The number of nitrogens with zero attached hydrogens (tertiary/aromatic N) is 2. The van der Waals surface area contributed by atoms with Crippen LogP contribution < -0.4 is 5.32 Å². The number of rotatable bonds is 6. The van der Waals surface area contributed by atoms with Gasteiger partial charge in [0.1, 0.15) is 0 Å². The van der Waals surface area contributed by atoms with Gasteiger partial charge in [-0.1, -0.05) is 30.3 Å². The quantitative estimate of drug-likeness (QED) is 0.496. The molecule has 0 saturated heterocycles. The number of nitrogens with one attached hydrogen (secondary N) is 1. The topological polar surface area (TPSA) is 61.8 Å². The van der Waals surface area contributed by atoms with Gasteiger partial charge in [-0.3, -0.25) is 0 Å². The fourth-order valence-corrected chi connectivity index (χ4v) is 1.92. The molecule has 0 fully saturated rings. The molecule has 0 unspecified atom stereocenters. The second-order valence-corrected chi connectivity index (χ2v) is 5.25. The van der Waals surface area contributed by atoms with Crippen LogP contribution in [0.5, 0.6) is 0 Å². The minimum Gasteiger partial charge on any atom is -0.331 e. The third-order valence-corrected chi connectivity index (χ3v) is 2.73. The molecular weight excluding hydrogens is 266 g/mol. The highest BCUT2D eigenvalue weighted by atomic mass is 35.5. The summed E-state index contributed by atoms with van der Waals surface area (Å²) in [6.07, 6.45) is 0.660. The number of hydrogen-bond donors (Lipinski definition) is 1. The predicted octanol–water partition coefficient (Wildman–Crippen LogP) is 2.94. The van der Waals surface area contributed by atoms with Crippen LogP contribution in [0.1, 0.15) is 19.4 Å². The number of carbonyl (C=O) groups is 1.